The molecule has 0 aliphatic heterocycles. The number of nitrogens with zero attached hydrogens (tertiary/aromatic N) is 4. The van der Waals surface area contributed by atoms with Crippen molar-refractivity contribution in [1.82, 2.24) is 14.9 Å². The van der Waals surface area contributed by atoms with Gasteiger partial charge in [-0.25, -0.2) is 10.1 Å². The van der Waals surface area contributed by atoms with Crippen molar-refractivity contribution in [1.29, 1.82) is 0 Å². The van der Waals surface area contributed by atoms with E-state index in [4.69, 9.17) is 33.8 Å². The van der Waals surface area contributed by atoms with E-state index in [1.54, 1.807) is 31.5 Å². The Morgan fingerprint density at radius 2 is 1.93 bits per heavy atom. The number of methoxy groups -OCH3 is 1. The number of thioether (sulfide) groups is 1. The molecule has 9 nitrogen and oxygen atoms in total. The van der Waals surface area contributed by atoms with Gasteiger partial charge < -0.3 is 15.9 Å². The molecule has 0 saturated carbocycles. The highest BCUT2D eigenvalue weighted by molar-refractivity contribution is 7.99. The molecule has 1 aromatic heterocycles. The second-order valence-corrected chi connectivity index (χ2v) is 7.63. The molecule has 156 valence electrons. The number of ether oxygens (including phenoxy) is 1. The normalized spacial score (nSPS) is 10.9. The van der Waals surface area contributed by atoms with E-state index in [1.165, 1.54) is 4.68 Å². The van der Waals surface area contributed by atoms with Crippen LogP contribution in [0.2, 0.25) is 10.0 Å². The third kappa shape index (κ3) is 6.02. The number of carbonyl (C=O) groups excluding carboxylic acids is 1. The molecule has 12 heteroatoms. The van der Waals surface area contributed by atoms with Crippen molar-refractivity contribution in [3.63, 3.8) is 0 Å². The van der Waals surface area contributed by atoms with E-state index in [1.807, 2.05) is 24.3 Å². The molecule has 0 atom stereocenters. The second kappa shape index (κ2) is 10.2. The molecular formula is C18H17Cl2N7O2S. The highest BCUT2D eigenvalue weighted by Gasteiger charge is 2.12. The summed E-state index contributed by atoms with van der Waals surface area (Å²) in [5.41, 5.74) is 4.07. The lowest BCUT2D eigenvalue weighted by atomic mass is 10.2. The van der Waals surface area contributed by atoms with Crippen LogP contribution in [0.4, 0.5) is 11.6 Å². The number of rotatable bonds is 8. The van der Waals surface area contributed by atoms with Crippen molar-refractivity contribution in [3.05, 3.63) is 58.1 Å². The van der Waals surface area contributed by atoms with Crippen LogP contribution in [-0.4, -0.2) is 39.9 Å². The number of carbonyl (C=O) groups is 1. The van der Waals surface area contributed by atoms with Gasteiger partial charge in [0.15, 0.2) is 0 Å². The van der Waals surface area contributed by atoms with Gasteiger partial charge in [0, 0.05) is 15.7 Å². The molecule has 0 aliphatic rings. The zero-order chi connectivity index (χ0) is 21.5. The number of benzene rings is 2. The van der Waals surface area contributed by atoms with Crippen molar-refractivity contribution in [2.75, 3.05) is 29.4 Å². The number of anilines is 2. The Morgan fingerprint density at radius 3 is 2.60 bits per heavy atom. The largest absolute Gasteiger partial charge is 0.497 e. The Hall–Kier alpha value is -2.95. The Morgan fingerprint density at radius 1 is 1.23 bits per heavy atom. The van der Waals surface area contributed by atoms with Gasteiger partial charge in [0.1, 0.15) is 5.75 Å². The lowest BCUT2D eigenvalue weighted by Crippen LogP contribution is -2.16. The summed E-state index contributed by atoms with van der Waals surface area (Å²) in [5, 5.41) is 15.8. The van der Waals surface area contributed by atoms with Crippen LogP contribution in [-0.2, 0) is 4.79 Å². The average Bonchev–Trinajstić information content (AvgIpc) is 3.06. The summed E-state index contributed by atoms with van der Waals surface area (Å²) < 4.78 is 6.31. The van der Waals surface area contributed by atoms with Crippen molar-refractivity contribution >= 4 is 58.7 Å². The fourth-order valence-corrected chi connectivity index (χ4v) is 3.44. The fraction of sp³-hybridized carbons (Fsp3) is 0.111. The van der Waals surface area contributed by atoms with Gasteiger partial charge in [0.2, 0.25) is 11.1 Å². The van der Waals surface area contributed by atoms with Crippen LogP contribution in [0.25, 0.3) is 0 Å². The number of nitrogens with two attached hydrogens (primary N) is 1. The van der Waals surface area contributed by atoms with Crippen molar-refractivity contribution in [3.8, 4) is 5.75 Å². The van der Waals surface area contributed by atoms with E-state index in [2.05, 4.69) is 26.0 Å². The number of nitrogens with one attached hydrogen (secondary N) is 2. The van der Waals surface area contributed by atoms with Crippen LogP contribution in [0.5, 0.6) is 5.75 Å². The van der Waals surface area contributed by atoms with Gasteiger partial charge in [-0.15, -0.1) is 10.2 Å². The predicted octanol–water partition coefficient (Wildman–Crippen LogP) is 3.48. The minimum atomic E-state index is -0.270. The topological polar surface area (TPSA) is 119 Å². The predicted molar refractivity (Wildman–Crippen MR) is 120 cm³/mol. The van der Waals surface area contributed by atoms with Crippen LogP contribution in [0.1, 0.15) is 5.56 Å². The zero-order valence-electron chi connectivity index (χ0n) is 15.7. The summed E-state index contributed by atoms with van der Waals surface area (Å²) >= 11 is 13.0. The SMILES string of the molecule is COc1ccc(/C=N/Nc2nnc(SCC(=O)Nc3cc(Cl)cc(Cl)c3)n2N)cc1. The van der Waals surface area contributed by atoms with E-state index in [0.717, 1.165) is 23.1 Å². The zero-order valence-corrected chi connectivity index (χ0v) is 18.0. The van der Waals surface area contributed by atoms with Crippen LogP contribution in [0.3, 0.4) is 0 Å². The summed E-state index contributed by atoms with van der Waals surface area (Å²) in [7, 11) is 1.60. The Kier molecular flexibility index (Phi) is 7.39. The molecule has 0 radical (unpaired) electrons. The molecule has 0 spiro atoms. The summed E-state index contributed by atoms with van der Waals surface area (Å²) in [6.07, 6.45) is 1.60. The summed E-state index contributed by atoms with van der Waals surface area (Å²) in [6.45, 7) is 0. The van der Waals surface area contributed by atoms with Crippen molar-refractivity contribution < 1.29 is 9.53 Å². The van der Waals surface area contributed by atoms with E-state index in [9.17, 15) is 4.79 Å². The number of halogens is 2. The third-order valence-corrected chi connectivity index (χ3v) is 5.02. The summed E-state index contributed by atoms with van der Waals surface area (Å²) in [6, 6.07) is 12.1. The second-order valence-electron chi connectivity index (χ2n) is 5.81. The van der Waals surface area contributed by atoms with Crippen LogP contribution in [0, 0.1) is 0 Å². The lowest BCUT2D eigenvalue weighted by molar-refractivity contribution is -0.113. The maximum atomic E-state index is 12.1. The first-order chi connectivity index (χ1) is 14.4. The molecule has 30 heavy (non-hydrogen) atoms. The maximum absolute atomic E-state index is 12.1. The highest BCUT2D eigenvalue weighted by Crippen LogP contribution is 2.23. The smallest absolute Gasteiger partial charge is 0.264 e. The molecular weight excluding hydrogens is 449 g/mol. The molecule has 4 N–H and O–H groups in total. The third-order valence-electron chi connectivity index (χ3n) is 3.64. The average molecular weight is 466 g/mol. The number of hydrogen-bond acceptors (Lipinski definition) is 8. The first kappa shape index (κ1) is 21.8. The van der Waals surface area contributed by atoms with E-state index in [-0.39, 0.29) is 17.6 Å². The van der Waals surface area contributed by atoms with Crippen LogP contribution >= 0.6 is 35.0 Å². The molecule has 2 aromatic carbocycles. The number of amides is 1. The molecule has 3 aromatic rings. The first-order valence-corrected chi connectivity index (χ1v) is 10.2. The Bertz CT molecular complexity index is 1040. The van der Waals surface area contributed by atoms with Crippen molar-refractivity contribution in [2.24, 2.45) is 5.10 Å². The van der Waals surface area contributed by atoms with Gasteiger partial charge in [0.05, 0.1) is 19.1 Å². The molecule has 0 saturated heterocycles. The lowest BCUT2D eigenvalue weighted by Gasteiger charge is -2.06. The number of nitrogen functional groups attached to an aromatic ring is 1. The van der Waals surface area contributed by atoms with E-state index < -0.39 is 0 Å². The van der Waals surface area contributed by atoms with Crippen molar-refractivity contribution in [2.45, 2.75) is 5.16 Å². The number of hydrogen-bond donors (Lipinski definition) is 3. The fourth-order valence-electron chi connectivity index (χ4n) is 2.26. The van der Waals surface area contributed by atoms with Crippen LogP contribution in [0.15, 0.2) is 52.7 Å². The molecule has 3 rings (SSSR count). The van der Waals surface area contributed by atoms with Gasteiger partial charge in [-0.05, 0) is 48.0 Å². The summed E-state index contributed by atoms with van der Waals surface area (Å²) in [4.78, 5) is 12.1. The molecule has 0 bridgehead atoms. The highest BCUT2D eigenvalue weighted by atomic mass is 35.5. The minimum absolute atomic E-state index is 0.0641. The van der Waals surface area contributed by atoms with Gasteiger partial charge in [0.25, 0.3) is 5.95 Å². The molecule has 0 fully saturated rings. The van der Waals surface area contributed by atoms with Crippen LogP contribution < -0.4 is 21.3 Å². The number of hydrazone groups is 1. The van der Waals surface area contributed by atoms with Gasteiger partial charge in [-0.1, -0.05) is 35.0 Å². The monoisotopic (exact) mass is 465 g/mol. The Balaban J connectivity index is 1.53. The molecule has 1 amide bonds. The van der Waals surface area contributed by atoms with Gasteiger partial charge in [-0.3, -0.25) is 4.79 Å². The first-order valence-electron chi connectivity index (χ1n) is 8.47. The van der Waals surface area contributed by atoms with E-state index in [0.29, 0.717) is 20.9 Å². The number of aromatic nitrogens is 3. The minimum Gasteiger partial charge on any atom is -0.497 e. The maximum Gasteiger partial charge on any atom is 0.264 e. The molecule has 0 aliphatic carbocycles. The quantitative estimate of drug-likeness (QED) is 0.201. The van der Waals surface area contributed by atoms with Gasteiger partial charge >= 0.3 is 0 Å². The standard InChI is InChI=1S/C18H17Cl2N7O2S/c1-29-15-4-2-11(3-5-15)9-22-24-17-25-26-18(27(17)21)30-10-16(28)23-14-7-12(19)6-13(20)8-14/h2-9H,10,21H2,1H3,(H,23,28)(H,24,25)/b22-9+. The van der Waals surface area contributed by atoms with Gasteiger partial charge in [-0.2, -0.15) is 5.10 Å². The molecule has 0 unspecified atom stereocenters. The Labute approximate surface area is 186 Å². The molecule has 1 heterocycles. The summed E-state index contributed by atoms with van der Waals surface area (Å²) in [5.74, 6) is 6.73. The van der Waals surface area contributed by atoms with E-state index >= 15 is 0 Å².